The lowest BCUT2D eigenvalue weighted by Gasteiger charge is -2.48. The van der Waals surface area contributed by atoms with E-state index in [1.54, 1.807) is 24.9 Å². The smallest absolute Gasteiger partial charge is 0.257 e. The summed E-state index contributed by atoms with van der Waals surface area (Å²) in [6.07, 6.45) is 9.28. The van der Waals surface area contributed by atoms with E-state index in [-0.39, 0.29) is 17.2 Å². The molecule has 27 heavy (non-hydrogen) atoms. The van der Waals surface area contributed by atoms with Crippen LogP contribution in [0.25, 0.3) is 0 Å². The predicted octanol–water partition coefficient (Wildman–Crippen LogP) is 2.40. The molecule has 4 heterocycles. The number of piperidine rings is 2. The highest BCUT2D eigenvalue weighted by Crippen LogP contribution is 2.39. The first-order chi connectivity index (χ1) is 13.1. The lowest BCUT2D eigenvalue weighted by molar-refractivity contribution is -0.138. The van der Waals surface area contributed by atoms with Crippen LogP contribution in [-0.4, -0.2) is 57.8 Å². The van der Waals surface area contributed by atoms with Crippen LogP contribution in [0.3, 0.4) is 0 Å². The maximum atomic E-state index is 12.9. The van der Waals surface area contributed by atoms with Gasteiger partial charge in [-0.15, -0.1) is 0 Å². The van der Waals surface area contributed by atoms with Gasteiger partial charge in [0.15, 0.2) is 0 Å². The number of rotatable bonds is 4. The van der Waals surface area contributed by atoms with Gasteiger partial charge in [-0.25, -0.2) is 4.98 Å². The molecule has 7 nitrogen and oxygen atoms in total. The molecule has 0 aliphatic carbocycles. The van der Waals surface area contributed by atoms with Crippen molar-refractivity contribution in [3.63, 3.8) is 0 Å². The van der Waals surface area contributed by atoms with Gasteiger partial charge in [0.25, 0.3) is 5.91 Å². The van der Waals surface area contributed by atoms with Gasteiger partial charge in [0.05, 0.1) is 18.2 Å². The molecule has 1 N–H and O–H groups in total. The van der Waals surface area contributed by atoms with Crippen molar-refractivity contribution in [1.82, 2.24) is 19.8 Å². The number of nitrogens with zero attached hydrogens (tertiary/aromatic N) is 3. The van der Waals surface area contributed by atoms with Crippen molar-refractivity contribution in [2.45, 2.75) is 39.0 Å². The summed E-state index contributed by atoms with van der Waals surface area (Å²) in [4.78, 5) is 36.4. The molecular formula is C20H26N4O3. The van der Waals surface area contributed by atoms with E-state index in [1.165, 1.54) is 0 Å². The molecule has 2 saturated heterocycles. The molecule has 2 fully saturated rings. The zero-order chi connectivity index (χ0) is 18.9. The highest BCUT2D eigenvalue weighted by molar-refractivity contribution is 5.95. The lowest BCUT2D eigenvalue weighted by Crippen LogP contribution is -2.55. The number of carbonyl (C=O) groups excluding carboxylic acids is 2. The molecule has 2 aliphatic heterocycles. The average molecular weight is 370 g/mol. The quantitative estimate of drug-likeness (QED) is 0.896. The summed E-state index contributed by atoms with van der Waals surface area (Å²) in [5, 5.41) is 0. The second-order valence-corrected chi connectivity index (χ2v) is 7.86. The Morgan fingerprint density at radius 1 is 1.37 bits per heavy atom. The van der Waals surface area contributed by atoms with Gasteiger partial charge < -0.3 is 19.2 Å². The standard InChI is InChI=1S/C20H26N4O3/c1-15-17(5-10-27-15)19(26)24-8-2-6-20(13-24)7-3-18(25)23(12-20)9-4-16-11-21-14-22-16/h5,10-11,14H,2-4,6-9,12-13H2,1H3,(H,21,22). The zero-order valence-electron chi connectivity index (χ0n) is 15.7. The van der Waals surface area contributed by atoms with Gasteiger partial charge in [-0.05, 0) is 32.3 Å². The molecule has 2 aromatic heterocycles. The molecular weight excluding hydrogens is 344 g/mol. The third-order valence-electron chi connectivity index (χ3n) is 5.99. The molecule has 1 unspecified atom stereocenters. The van der Waals surface area contributed by atoms with Crippen molar-refractivity contribution in [2.24, 2.45) is 5.41 Å². The minimum atomic E-state index is 0.00739. The fourth-order valence-electron chi connectivity index (χ4n) is 4.47. The van der Waals surface area contributed by atoms with Crippen molar-refractivity contribution in [1.29, 1.82) is 0 Å². The van der Waals surface area contributed by atoms with Crippen molar-refractivity contribution >= 4 is 11.8 Å². The van der Waals surface area contributed by atoms with Crippen LogP contribution in [0.2, 0.25) is 0 Å². The Balaban J connectivity index is 1.44. The number of amides is 2. The van der Waals surface area contributed by atoms with Crippen LogP contribution in [0.5, 0.6) is 0 Å². The first-order valence-corrected chi connectivity index (χ1v) is 9.65. The number of carbonyl (C=O) groups is 2. The Bertz CT molecular complexity index is 813. The topological polar surface area (TPSA) is 82.4 Å². The second-order valence-electron chi connectivity index (χ2n) is 7.86. The molecule has 2 amide bonds. The Morgan fingerprint density at radius 2 is 2.26 bits per heavy atom. The van der Waals surface area contributed by atoms with E-state index >= 15 is 0 Å². The number of likely N-dealkylation sites (tertiary alicyclic amines) is 2. The fourth-order valence-corrected chi connectivity index (χ4v) is 4.47. The van der Waals surface area contributed by atoms with Gasteiger partial charge in [-0.2, -0.15) is 0 Å². The SMILES string of the molecule is Cc1occc1C(=O)N1CCCC2(CCC(=O)N(CCc3cnc[nH]3)C2)C1. The van der Waals surface area contributed by atoms with E-state index in [0.29, 0.717) is 30.8 Å². The van der Waals surface area contributed by atoms with E-state index in [4.69, 9.17) is 4.42 Å². The summed E-state index contributed by atoms with van der Waals surface area (Å²) in [6, 6.07) is 1.75. The van der Waals surface area contributed by atoms with E-state index in [1.807, 2.05) is 16.7 Å². The van der Waals surface area contributed by atoms with Crippen LogP contribution in [0.15, 0.2) is 29.3 Å². The number of hydrogen-bond acceptors (Lipinski definition) is 4. The second kappa shape index (κ2) is 7.21. The van der Waals surface area contributed by atoms with E-state index in [0.717, 1.165) is 44.5 Å². The predicted molar refractivity (Wildman–Crippen MR) is 99.1 cm³/mol. The van der Waals surface area contributed by atoms with Crippen LogP contribution in [0.4, 0.5) is 0 Å². The normalized spacial score (nSPS) is 23.2. The van der Waals surface area contributed by atoms with E-state index < -0.39 is 0 Å². The molecule has 0 saturated carbocycles. The fraction of sp³-hybridized carbons (Fsp3) is 0.550. The van der Waals surface area contributed by atoms with Gasteiger partial charge in [0.2, 0.25) is 5.91 Å². The Hall–Kier alpha value is -2.57. The van der Waals surface area contributed by atoms with Crippen LogP contribution in [-0.2, 0) is 11.2 Å². The molecule has 4 rings (SSSR count). The summed E-state index contributed by atoms with van der Waals surface area (Å²) in [6.45, 7) is 4.73. The first kappa shape index (κ1) is 17.8. The summed E-state index contributed by atoms with van der Waals surface area (Å²) >= 11 is 0. The number of aryl methyl sites for hydroxylation is 1. The largest absolute Gasteiger partial charge is 0.469 e. The van der Waals surface area contributed by atoms with Crippen LogP contribution in [0, 0.1) is 12.3 Å². The highest BCUT2D eigenvalue weighted by Gasteiger charge is 2.42. The maximum absolute atomic E-state index is 12.9. The van der Waals surface area contributed by atoms with Crippen molar-refractivity contribution in [2.75, 3.05) is 26.2 Å². The zero-order valence-corrected chi connectivity index (χ0v) is 15.7. The van der Waals surface area contributed by atoms with Gasteiger partial charge in [-0.3, -0.25) is 9.59 Å². The van der Waals surface area contributed by atoms with Crippen LogP contribution < -0.4 is 0 Å². The summed E-state index contributed by atoms with van der Waals surface area (Å²) < 4.78 is 5.30. The summed E-state index contributed by atoms with van der Waals surface area (Å²) in [7, 11) is 0. The number of imidazole rings is 1. The third kappa shape index (κ3) is 3.63. The lowest BCUT2D eigenvalue weighted by atomic mass is 9.73. The molecule has 7 heteroatoms. The molecule has 0 aromatic carbocycles. The minimum absolute atomic E-state index is 0.00739. The number of furan rings is 1. The van der Waals surface area contributed by atoms with E-state index in [9.17, 15) is 9.59 Å². The van der Waals surface area contributed by atoms with Crippen LogP contribution >= 0.6 is 0 Å². The van der Waals surface area contributed by atoms with Crippen molar-refractivity contribution < 1.29 is 14.0 Å². The number of H-pyrrole nitrogens is 1. The summed E-state index contributed by atoms with van der Waals surface area (Å²) in [5.41, 5.74) is 1.70. The molecule has 0 bridgehead atoms. The Morgan fingerprint density at radius 3 is 3.00 bits per heavy atom. The minimum Gasteiger partial charge on any atom is -0.469 e. The molecule has 1 spiro atoms. The number of nitrogens with one attached hydrogen (secondary N) is 1. The maximum Gasteiger partial charge on any atom is 0.257 e. The Kier molecular flexibility index (Phi) is 4.76. The monoisotopic (exact) mass is 370 g/mol. The van der Waals surface area contributed by atoms with Gasteiger partial charge in [-0.1, -0.05) is 0 Å². The Labute approximate surface area is 158 Å². The highest BCUT2D eigenvalue weighted by atomic mass is 16.3. The third-order valence-corrected chi connectivity index (χ3v) is 5.99. The average Bonchev–Trinajstić information content (AvgIpc) is 3.34. The van der Waals surface area contributed by atoms with Crippen LogP contribution in [0.1, 0.15) is 47.5 Å². The first-order valence-electron chi connectivity index (χ1n) is 9.65. The van der Waals surface area contributed by atoms with Gasteiger partial charge in [0, 0.05) is 56.3 Å². The molecule has 144 valence electrons. The van der Waals surface area contributed by atoms with Gasteiger partial charge >= 0.3 is 0 Å². The molecule has 0 radical (unpaired) electrons. The van der Waals surface area contributed by atoms with E-state index in [2.05, 4.69) is 9.97 Å². The number of aromatic amines is 1. The van der Waals surface area contributed by atoms with Crippen molar-refractivity contribution in [3.05, 3.63) is 41.9 Å². The van der Waals surface area contributed by atoms with Crippen molar-refractivity contribution in [3.8, 4) is 0 Å². The number of hydrogen-bond donors (Lipinski definition) is 1. The molecule has 2 aromatic rings. The summed E-state index contributed by atoms with van der Waals surface area (Å²) in [5.74, 6) is 0.926. The molecule has 1 atom stereocenters. The van der Waals surface area contributed by atoms with Gasteiger partial charge in [0.1, 0.15) is 5.76 Å². The number of aromatic nitrogens is 2. The molecule has 2 aliphatic rings.